The summed E-state index contributed by atoms with van der Waals surface area (Å²) in [7, 11) is 0. The minimum absolute atomic E-state index is 0.108. The number of thiophene rings is 1. The molecule has 2 heterocycles. The highest BCUT2D eigenvalue weighted by atomic mass is 32.1. The number of nitrogens with zero attached hydrogens (tertiary/aromatic N) is 1. The quantitative estimate of drug-likeness (QED) is 0.158. The van der Waals surface area contributed by atoms with Gasteiger partial charge in [-0.3, -0.25) is 0 Å². The zero-order valence-corrected chi connectivity index (χ0v) is 31.9. The third-order valence-corrected chi connectivity index (χ3v) is 14.4. The van der Waals surface area contributed by atoms with Crippen molar-refractivity contribution in [3.05, 3.63) is 205 Å². The lowest BCUT2D eigenvalue weighted by atomic mass is 9.75. The summed E-state index contributed by atoms with van der Waals surface area (Å²) in [6.45, 7) is 0. The van der Waals surface area contributed by atoms with Gasteiger partial charge in [0.1, 0.15) is 0 Å². The van der Waals surface area contributed by atoms with Crippen LogP contribution in [0.4, 0.5) is 0 Å². The van der Waals surface area contributed by atoms with Crippen LogP contribution in [0.2, 0.25) is 0 Å². The summed E-state index contributed by atoms with van der Waals surface area (Å²) in [5.74, 6) is 0.451. The first kappa shape index (κ1) is 31.5. The third-order valence-electron chi connectivity index (χ3n) is 13.1. The largest absolute Gasteiger partial charge is 0.309 e. The molecule has 2 unspecified atom stereocenters. The van der Waals surface area contributed by atoms with Gasteiger partial charge in [0.2, 0.25) is 0 Å². The van der Waals surface area contributed by atoms with Gasteiger partial charge in [-0.15, -0.1) is 11.3 Å². The van der Waals surface area contributed by atoms with Crippen LogP contribution in [0, 0.1) is 5.92 Å². The van der Waals surface area contributed by atoms with Crippen LogP contribution in [0.15, 0.2) is 188 Å². The van der Waals surface area contributed by atoms with E-state index in [1.165, 1.54) is 108 Å². The average Bonchev–Trinajstić information content (AvgIpc) is 3.77. The summed E-state index contributed by atoms with van der Waals surface area (Å²) >= 11 is 1.90. The van der Waals surface area contributed by atoms with Gasteiger partial charge in [-0.05, 0) is 97.6 Å². The zero-order valence-electron chi connectivity index (χ0n) is 31.1. The van der Waals surface area contributed by atoms with Gasteiger partial charge in [-0.1, -0.05) is 164 Å². The molecule has 2 aliphatic rings. The van der Waals surface area contributed by atoms with Crippen molar-refractivity contribution in [2.75, 3.05) is 0 Å². The predicted molar refractivity (Wildman–Crippen MR) is 244 cm³/mol. The third kappa shape index (κ3) is 4.28. The molecule has 0 spiro atoms. The van der Waals surface area contributed by atoms with Crippen LogP contribution in [-0.4, -0.2) is 4.57 Å². The maximum absolute atomic E-state index is 2.53. The van der Waals surface area contributed by atoms with E-state index < -0.39 is 0 Å². The fraction of sp³-hybridized carbons (Fsp3) is 0.0545. The Morgan fingerprint density at radius 1 is 0.491 bits per heavy atom. The van der Waals surface area contributed by atoms with Gasteiger partial charge in [0.15, 0.2) is 0 Å². The highest BCUT2D eigenvalue weighted by molar-refractivity contribution is 7.26. The molecule has 11 aromatic rings. The van der Waals surface area contributed by atoms with Crippen molar-refractivity contribution in [1.29, 1.82) is 0 Å². The maximum atomic E-state index is 2.53. The number of rotatable bonds is 4. The molecule has 9 aromatic carbocycles. The number of allylic oxidation sites excluding steroid dienone is 1. The lowest BCUT2D eigenvalue weighted by Gasteiger charge is -2.29. The van der Waals surface area contributed by atoms with Crippen LogP contribution in [0.5, 0.6) is 0 Å². The first-order chi connectivity index (χ1) is 28.3. The standard InChI is InChI=1S/C55H35NS/c1-2-14-34(15-3-1)52-40-18-4-6-20-42(40)53(43-21-7-5-19-41(43)52)55-33-36(55)29-30-45-47(55)24-13-26-49(45)56-48-25-10-8-16-38(48)46-32-35(28-31-50(46)56)37-22-12-23-44-39-17-9-11-27-51(39)57-54(37)44/h1-32,36H,33H2. The number of fused-ring (bicyclic) bond motifs is 11. The fourth-order valence-corrected chi connectivity index (χ4v) is 11.9. The zero-order chi connectivity index (χ0) is 37.2. The van der Waals surface area contributed by atoms with Crippen molar-refractivity contribution in [1.82, 2.24) is 4.57 Å². The Labute approximate surface area is 334 Å². The highest BCUT2D eigenvalue weighted by Crippen LogP contribution is 2.66. The Morgan fingerprint density at radius 2 is 1.14 bits per heavy atom. The number of para-hydroxylation sites is 1. The van der Waals surface area contributed by atoms with Gasteiger partial charge in [0.25, 0.3) is 0 Å². The van der Waals surface area contributed by atoms with Gasteiger partial charge in [-0.25, -0.2) is 0 Å². The molecule has 0 N–H and O–H groups in total. The monoisotopic (exact) mass is 741 g/mol. The molecule has 57 heavy (non-hydrogen) atoms. The summed E-state index contributed by atoms with van der Waals surface area (Å²) in [4.78, 5) is 0. The number of aromatic nitrogens is 1. The minimum Gasteiger partial charge on any atom is -0.309 e. The van der Waals surface area contributed by atoms with Crippen LogP contribution in [0.1, 0.15) is 23.1 Å². The molecule has 0 saturated heterocycles. The Morgan fingerprint density at radius 3 is 1.95 bits per heavy atom. The smallest absolute Gasteiger partial charge is 0.0541 e. The molecule has 13 rings (SSSR count). The van der Waals surface area contributed by atoms with Gasteiger partial charge >= 0.3 is 0 Å². The Kier molecular flexibility index (Phi) is 6.43. The molecule has 1 saturated carbocycles. The van der Waals surface area contributed by atoms with E-state index in [-0.39, 0.29) is 5.41 Å². The average molecular weight is 742 g/mol. The lowest BCUT2D eigenvalue weighted by Crippen LogP contribution is -2.18. The van der Waals surface area contributed by atoms with Crippen LogP contribution in [-0.2, 0) is 5.41 Å². The molecule has 0 amide bonds. The molecule has 0 bridgehead atoms. The molecule has 2 atom stereocenters. The van der Waals surface area contributed by atoms with Crippen molar-refractivity contribution in [2.24, 2.45) is 5.92 Å². The molecular formula is C55H35NS. The summed E-state index contributed by atoms with van der Waals surface area (Å²) in [6, 6.07) is 68.0. The number of hydrogen-bond donors (Lipinski definition) is 0. The first-order valence-corrected chi connectivity index (χ1v) is 20.8. The summed E-state index contributed by atoms with van der Waals surface area (Å²) in [6.07, 6.45) is 6.05. The Bertz CT molecular complexity index is 3450. The molecule has 0 aliphatic heterocycles. The van der Waals surface area contributed by atoms with Crippen molar-refractivity contribution >= 4 is 80.9 Å². The van der Waals surface area contributed by atoms with E-state index in [0.717, 1.165) is 6.42 Å². The fourth-order valence-electron chi connectivity index (χ4n) is 10.7. The molecule has 1 fully saturated rings. The van der Waals surface area contributed by atoms with Gasteiger partial charge in [-0.2, -0.15) is 0 Å². The Hall–Kier alpha value is -6.74. The normalized spacial score (nSPS) is 17.2. The van der Waals surface area contributed by atoms with Gasteiger partial charge in [0.05, 0.1) is 16.7 Å². The molecule has 0 radical (unpaired) electrons. The molecular weight excluding hydrogens is 707 g/mol. The van der Waals surface area contributed by atoms with Gasteiger partial charge < -0.3 is 4.57 Å². The van der Waals surface area contributed by atoms with Crippen LogP contribution >= 0.6 is 11.3 Å². The van der Waals surface area contributed by atoms with Crippen molar-refractivity contribution in [3.63, 3.8) is 0 Å². The van der Waals surface area contributed by atoms with E-state index in [9.17, 15) is 0 Å². The first-order valence-electron chi connectivity index (χ1n) is 20.0. The van der Waals surface area contributed by atoms with E-state index >= 15 is 0 Å². The second kappa shape index (κ2) is 11.6. The van der Waals surface area contributed by atoms with Crippen LogP contribution in [0.25, 0.3) is 97.5 Å². The summed E-state index contributed by atoms with van der Waals surface area (Å²) < 4.78 is 5.22. The maximum Gasteiger partial charge on any atom is 0.0541 e. The molecule has 2 aromatic heterocycles. The Balaban J connectivity index is 1.04. The SMILES string of the molecule is C1=CC2CC2(c2c3ccccc3c(-c3ccccc3)c3ccccc23)c2cccc(-n3c4ccccc4c4cc(-c5cccc6c5sc5ccccc56)ccc43)c21. The molecule has 2 heteroatoms. The highest BCUT2D eigenvalue weighted by Gasteiger charge is 2.58. The number of benzene rings is 9. The summed E-state index contributed by atoms with van der Waals surface area (Å²) in [5, 5.41) is 10.6. The molecule has 266 valence electrons. The minimum atomic E-state index is -0.108. The van der Waals surface area contributed by atoms with Crippen LogP contribution < -0.4 is 0 Å². The van der Waals surface area contributed by atoms with E-state index in [1.807, 2.05) is 11.3 Å². The second-order valence-electron chi connectivity index (χ2n) is 16.0. The van der Waals surface area contributed by atoms with E-state index in [2.05, 4.69) is 199 Å². The van der Waals surface area contributed by atoms with E-state index in [0.29, 0.717) is 5.92 Å². The molecule has 2 aliphatic carbocycles. The summed E-state index contributed by atoms with van der Waals surface area (Å²) in [5.41, 5.74) is 13.0. The number of hydrogen-bond acceptors (Lipinski definition) is 1. The van der Waals surface area contributed by atoms with E-state index in [1.54, 1.807) is 0 Å². The van der Waals surface area contributed by atoms with Crippen molar-refractivity contribution in [2.45, 2.75) is 11.8 Å². The molecule has 1 nitrogen and oxygen atoms in total. The van der Waals surface area contributed by atoms with Crippen LogP contribution in [0.3, 0.4) is 0 Å². The van der Waals surface area contributed by atoms with E-state index in [4.69, 9.17) is 0 Å². The van der Waals surface area contributed by atoms with Gasteiger partial charge in [0, 0.05) is 41.9 Å². The topological polar surface area (TPSA) is 4.93 Å². The van der Waals surface area contributed by atoms with Crippen molar-refractivity contribution in [3.8, 4) is 27.9 Å². The van der Waals surface area contributed by atoms with Crippen molar-refractivity contribution < 1.29 is 0 Å². The second-order valence-corrected chi connectivity index (χ2v) is 17.0. The predicted octanol–water partition coefficient (Wildman–Crippen LogP) is 15.1. The lowest BCUT2D eigenvalue weighted by molar-refractivity contribution is 0.794.